The van der Waals surface area contributed by atoms with Gasteiger partial charge >= 0.3 is 0 Å². The molecule has 0 bridgehead atoms. The van der Waals surface area contributed by atoms with E-state index < -0.39 is 15.9 Å². The van der Waals surface area contributed by atoms with Crippen molar-refractivity contribution < 1.29 is 23.2 Å². The lowest BCUT2D eigenvalue weighted by atomic mass is 10.1. The molecule has 1 aromatic heterocycles. The van der Waals surface area contributed by atoms with Crippen molar-refractivity contribution in [3.05, 3.63) is 44.1 Å². The number of hydrogen-bond donors (Lipinski definition) is 2. The molecule has 0 atom stereocenters. The van der Waals surface area contributed by atoms with E-state index in [0.717, 1.165) is 11.3 Å². The molecule has 9 nitrogen and oxygen atoms in total. The van der Waals surface area contributed by atoms with Crippen LogP contribution in [0.25, 0.3) is 0 Å². The lowest BCUT2D eigenvalue weighted by Crippen LogP contribution is -2.49. The van der Waals surface area contributed by atoms with Crippen LogP contribution in [0.3, 0.4) is 0 Å². The largest absolute Gasteiger partial charge is 0.368 e. The molecule has 0 aliphatic carbocycles. The number of rotatable bonds is 5. The number of hydrogen-bond acceptors (Lipinski definition) is 7. The number of carbonyl (C=O) groups is 1. The number of nitrogens with zero attached hydrogens (tertiary/aromatic N) is 3. The highest BCUT2D eigenvalue weighted by atomic mass is 35.5. The minimum atomic E-state index is -3.73. The highest BCUT2D eigenvalue weighted by Gasteiger charge is 2.32. The highest BCUT2D eigenvalue weighted by molar-refractivity contribution is 7.91. The monoisotopic (exact) mass is 479 g/mol. The smallest absolute Gasteiger partial charge is 0.276 e. The molecule has 0 unspecified atom stereocenters. The molecular weight excluding hydrogens is 463 g/mol. The first kappa shape index (κ1) is 21.9. The van der Waals surface area contributed by atoms with E-state index in [1.165, 1.54) is 23.5 Å². The van der Waals surface area contributed by atoms with Gasteiger partial charge in [-0.15, -0.1) is 11.3 Å². The molecule has 0 saturated carbocycles. The summed E-state index contributed by atoms with van der Waals surface area (Å²) >= 11 is 12.7. The van der Waals surface area contributed by atoms with Gasteiger partial charge in [0.2, 0.25) is 0 Å². The quantitative estimate of drug-likeness (QED) is 0.387. The Labute approximate surface area is 181 Å². The number of thiophene rings is 1. The van der Waals surface area contributed by atoms with E-state index in [1.807, 2.05) is 4.90 Å². The summed E-state index contributed by atoms with van der Waals surface area (Å²) in [5.41, 5.74) is 2.42. The molecule has 1 aromatic carbocycles. The first-order chi connectivity index (χ1) is 13.6. The van der Waals surface area contributed by atoms with Crippen molar-refractivity contribution in [2.75, 3.05) is 38.1 Å². The predicted molar refractivity (Wildman–Crippen MR) is 110 cm³/mol. The fourth-order valence-electron chi connectivity index (χ4n) is 2.99. The summed E-state index contributed by atoms with van der Waals surface area (Å²) in [5, 5.41) is 9.21. The van der Waals surface area contributed by atoms with Crippen molar-refractivity contribution in [2.24, 2.45) is 0 Å². The summed E-state index contributed by atoms with van der Waals surface area (Å²) in [5.74, 6) is -0.762. The molecule has 156 valence electrons. The maximum atomic E-state index is 12.8. The molecule has 1 aliphatic heterocycles. The number of nitroso groups, excluding NO2 is 1. The van der Waals surface area contributed by atoms with Gasteiger partial charge < -0.3 is 4.90 Å². The normalized spacial score (nSPS) is 15.4. The number of anilines is 1. The fourth-order valence-corrected chi connectivity index (χ4v) is 6.45. The van der Waals surface area contributed by atoms with Crippen LogP contribution >= 0.6 is 34.5 Å². The summed E-state index contributed by atoms with van der Waals surface area (Å²) in [6, 6.07) is 5.84. The second kappa shape index (κ2) is 8.54. The Hall–Kier alpha value is -1.76. The average molecular weight is 480 g/mol. The van der Waals surface area contributed by atoms with Crippen molar-refractivity contribution >= 4 is 61.8 Å². The van der Waals surface area contributed by atoms with E-state index in [4.69, 9.17) is 28.4 Å². The fraction of sp³-hybridized carbons (Fsp3) is 0.312. The van der Waals surface area contributed by atoms with Crippen LogP contribution in [0.1, 0.15) is 10.4 Å². The van der Waals surface area contributed by atoms with Crippen molar-refractivity contribution in [3.63, 3.8) is 0 Å². The molecule has 1 amide bonds. The molecular formula is C16H17Cl2N4O5S2+. The van der Waals surface area contributed by atoms with E-state index in [1.54, 1.807) is 17.6 Å². The molecule has 0 radical (unpaired) electrons. The lowest BCUT2D eigenvalue weighted by Gasteiger charge is -2.35. The molecule has 13 heteroatoms. The number of nitrogens with one attached hydrogen (secondary N) is 1. The predicted octanol–water partition coefficient (Wildman–Crippen LogP) is 2.73. The van der Waals surface area contributed by atoms with E-state index >= 15 is 0 Å². The summed E-state index contributed by atoms with van der Waals surface area (Å²) in [4.78, 5) is 25.4. The van der Waals surface area contributed by atoms with E-state index in [2.05, 4.69) is 0 Å². The molecule has 3 rings (SSSR count). The Morgan fingerprint density at radius 1 is 1.21 bits per heavy atom. The maximum absolute atomic E-state index is 12.8. The van der Waals surface area contributed by atoms with Crippen LogP contribution in [-0.2, 0) is 10.0 Å². The maximum Gasteiger partial charge on any atom is 0.276 e. The second-order valence-electron chi connectivity index (χ2n) is 6.22. The van der Waals surface area contributed by atoms with Gasteiger partial charge in [-0.1, -0.05) is 23.2 Å². The molecule has 2 aromatic rings. The Bertz CT molecular complexity index is 1050. The van der Waals surface area contributed by atoms with Gasteiger partial charge in [0.1, 0.15) is 8.55 Å². The minimum absolute atomic E-state index is 0.0733. The Morgan fingerprint density at radius 3 is 2.38 bits per heavy atom. The number of amides is 1. The average Bonchev–Trinajstić information content (AvgIpc) is 3.06. The summed E-state index contributed by atoms with van der Waals surface area (Å²) in [6.07, 6.45) is 0. The van der Waals surface area contributed by atoms with Crippen molar-refractivity contribution in [2.45, 2.75) is 4.21 Å². The third-order valence-corrected chi connectivity index (χ3v) is 8.70. The third-order valence-electron chi connectivity index (χ3n) is 4.49. The number of sulfonamides is 1. The van der Waals surface area contributed by atoms with Gasteiger partial charge in [0.25, 0.3) is 21.6 Å². The molecule has 1 aliphatic rings. The molecule has 29 heavy (non-hydrogen) atoms. The zero-order chi connectivity index (χ0) is 21.3. The second-order valence-corrected chi connectivity index (χ2v) is 10.4. The number of hydroxylamine groups is 1. The molecule has 0 spiro atoms. The van der Waals surface area contributed by atoms with Gasteiger partial charge in [-0.05, 0) is 12.1 Å². The number of benzene rings is 1. The van der Waals surface area contributed by atoms with E-state index in [-0.39, 0.29) is 37.9 Å². The van der Waals surface area contributed by atoms with Crippen molar-refractivity contribution in [1.29, 1.82) is 0 Å². The van der Waals surface area contributed by atoms with Crippen molar-refractivity contribution in [3.8, 4) is 0 Å². The Kier molecular flexibility index (Phi) is 6.46. The standard InChI is InChI=1S/C16H16Cl2N4O5S2/c1-20(25)10-2-3-13(11(8-10)16(23)19-24)21-4-6-22(7-5-21)29(26,27)14-9-12(17)15(18)28-14/h2-3,8-9H,4-7H2,1H3,(H-,19,23,24)/p+1. The summed E-state index contributed by atoms with van der Waals surface area (Å²) < 4.78 is 27.8. The van der Waals surface area contributed by atoms with E-state index in [0.29, 0.717) is 23.5 Å². The number of carbonyl (C=O) groups excluding carboxylic acids is 1. The van der Waals surface area contributed by atoms with E-state index in [9.17, 15) is 18.1 Å². The van der Waals surface area contributed by atoms with Crippen LogP contribution in [0.4, 0.5) is 11.4 Å². The first-order valence-corrected chi connectivity index (χ1v) is 11.4. The summed E-state index contributed by atoms with van der Waals surface area (Å²) in [7, 11) is -2.44. The van der Waals surface area contributed by atoms with Crippen LogP contribution in [-0.4, -0.2) is 61.8 Å². The van der Waals surface area contributed by atoms with Crippen LogP contribution in [0.15, 0.2) is 28.5 Å². The molecule has 2 heterocycles. The number of piperazine rings is 1. The van der Waals surface area contributed by atoms with Crippen LogP contribution in [0.2, 0.25) is 9.36 Å². The van der Waals surface area contributed by atoms with Gasteiger partial charge in [-0.3, -0.25) is 10.0 Å². The van der Waals surface area contributed by atoms with Gasteiger partial charge in [0.05, 0.1) is 16.3 Å². The van der Waals surface area contributed by atoms with Gasteiger partial charge in [-0.25, -0.2) is 13.9 Å². The zero-order valence-electron chi connectivity index (χ0n) is 15.1. The van der Waals surface area contributed by atoms with Crippen molar-refractivity contribution in [1.82, 2.24) is 9.79 Å². The minimum Gasteiger partial charge on any atom is -0.368 e. The Balaban J connectivity index is 1.82. The SMILES string of the molecule is C[N+](=O)c1ccc(N2CCN(S(=O)(=O)c3cc(Cl)c(Cl)s3)CC2)c(C(=O)NO)c1. The summed E-state index contributed by atoms with van der Waals surface area (Å²) in [6.45, 7) is 0.979. The van der Waals surface area contributed by atoms with Crippen LogP contribution < -0.4 is 10.4 Å². The molecule has 2 N–H and O–H groups in total. The lowest BCUT2D eigenvalue weighted by molar-refractivity contribution is -0.428. The molecule has 1 fully saturated rings. The van der Waals surface area contributed by atoms with Crippen LogP contribution in [0, 0.1) is 4.91 Å². The third kappa shape index (κ3) is 4.39. The van der Waals surface area contributed by atoms with Gasteiger partial charge in [0.15, 0.2) is 7.05 Å². The van der Waals surface area contributed by atoms with Gasteiger partial charge in [0, 0.05) is 48.0 Å². The zero-order valence-corrected chi connectivity index (χ0v) is 18.3. The topological polar surface area (TPSA) is 110 Å². The van der Waals surface area contributed by atoms with Gasteiger partial charge in [-0.2, -0.15) is 4.31 Å². The molecule has 1 saturated heterocycles. The first-order valence-electron chi connectivity index (χ1n) is 8.34. The Morgan fingerprint density at radius 2 is 1.86 bits per heavy atom. The number of halogens is 2. The highest BCUT2D eigenvalue weighted by Crippen LogP contribution is 2.36. The van der Waals surface area contributed by atoms with Crippen LogP contribution in [0.5, 0.6) is 0 Å².